The Balaban J connectivity index is 2.42. The quantitative estimate of drug-likeness (QED) is 0.629. The van der Waals surface area contributed by atoms with Crippen LogP contribution in [-0.4, -0.2) is 27.4 Å². The van der Waals surface area contributed by atoms with Crippen LogP contribution >= 0.6 is 0 Å². The van der Waals surface area contributed by atoms with Gasteiger partial charge >= 0.3 is 0 Å². The minimum Gasteiger partial charge on any atom is -0.356 e. The molecule has 0 aliphatic rings. The van der Waals surface area contributed by atoms with E-state index in [1.165, 1.54) is 6.42 Å². The Labute approximate surface area is 152 Å². The summed E-state index contributed by atoms with van der Waals surface area (Å²) in [6.07, 6.45) is 4.63. The summed E-state index contributed by atoms with van der Waals surface area (Å²) in [5.41, 5.74) is 1.98. The number of hydrogen-bond acceptors (Lipinski definition) is 3. The number of unbranched alkanes of at least 4 members (excludes halogenated alkanes) is 1. The van der Waals surface area contributed by atoms with Crippen LogP contribution in [0.1, 0.15) is 57.1 Å². The van der Waals surface area contributed by atoms with Crippen LogP contribution in [0.25, 0.3) is 0 Å². The van der Waals surface area contributed by atoms with Crippen LogP contribution in [-0.2, 0) is 14.8 Å². The average molecular weight is 369 g/mol. The molecule has 2 N–H and O–H groups in total. The van der Waals surface area contributed by atoms with Crippen molar-refractivity contribution < 1.29 is 13.2 Å². The second-order valence-corrected chi connectivity index (χ2v) is 8.38. The molecule has 1 rings (SSSR count). The van der Waals surface area contributed by atoms with E-state index in [-0.39, 0.29) is 23.8 Å². The zero-order chi connectivity index (χ0) is 18.9. The molecular weight excluding hydrogens is 336 g/mol. The molecule has 1 atom stereocenters. The highest BCUT2D eigenvalue weighted by molar-refractivity contribution is 7.89. The van der Waals surface area contributed by atoms with Gasteiger partial charge in [0.05, 0.1) is 4.90 Å². The topological polar surface area (TPSA) is 75.3 Å². The van der Waals surface area contributed by atoms with Crippen molar-refractivity contribution in [1.82, 2.24) is 10.0 Å². The number of benzene rings is 1. The lowest BCUT2D eigenvalue weighted by Gasteiger charge is -2.15. The molecule has 0 heterocycles. The van der Waals surface area contributed by atoms with E-state index in [1.54, 1.807) is 18.2 Å². The van der Waals surface area contributed by atoms with Crippen LogP contribution in [0.15, 0.2) is 23.1 Å². The first-order valence-electron chi connectivity index (χ1n) is 9.13. The van der Waals surface area contributed by atoms with E-state index in [1.807, 2.05) is 13.8 Å². The monoisotopic (exact) mass is 368 g/mol. The lowest BCUT2D eigenvalue weighted by atomic mass is 9.99. The van der Waals surface area contributed by atoms with Crippen molar-refractivity contribution >= 4 is 15.9 Å². The Morgan fingerprint density at radius 3 is 2.48 bits per heavy atom. The number of amides is 1. The minimum absolute atomic E-state index is 0.104. The van der Waals surface area contributed by atoms with Crippen LogP contribution in [0.4, 0.5) is 0 Å². The van der Waals surface area contributed by atoms with Crippen LogP contribution in [0.3, 0.4) is 0 Å². The summed E-state index contributed by atoms with van der Waals surface area (Å²) >= 11 is 0. The van der Waals surface area contributed by atoms with Gasteiger partial charge in [0.1, 0.15) is 0 Å². The van der Waals surface area contributed by atoms with Crippen molar-refractivity contribution in [2.24, 2.45) is 5.92 Å². The van der Waals surface area contributed by atoms with Crippen molar-refractivity contribution in [3.63, 3.8) is 0 Å². The fourth-order valence-electron chi connectivity index (χ4n) is 2.55. The largest absolute Gasteiger partial charge is 0.356 e. The highest BCUT2D eigenvalue weighted by Crippen LogP contribution is 2.14. The van der Waals surface area contributed by atoms with Gasteiger partial charge in [-0.3, -0.25) is 4.79 Å². The molecule has 5 nitrogen and oxygen atoms in total. The summed E-state index contributed by atoms with van der Waals surface area (Å²) in [7, 11) is -3.57. The molecule has 0 saturated heterocycles. The number of carbonyl (C=O) groups excluding carboxylic acids is 1. The third-order valence-electron chi connectivity index (χ3n) is 4.56. The third kappa shape index (κ3) is 7.57. The van der Waals surface area contributed by atoms with E-state index in [4.69, 9.17) is 0 Å². The lowest BCUT2D eigenvalue weighted by molar-refractivity contribution is -0.121. The predicted octanol–water partition coefficient (Wildman–Crippen LogP) is 3.30. The zero-order valence-corrected chi connectivity index (χ0v) is 16.7. The first-order chi connectivity index (χ1) is 11.8. The molecule has 0 spiro atoms. The van der Waals surface area contributed by atoms with Crippen molar-refractivity contribution in [2.75, 3.05) is 13.1 Å². The standard InChI is InChI=1S/C19H32N2O3S/c1-5-7-8-17(6-2)14-20-19(22)11-12-21-25(23,24)18-10-9-15(3)16(4)13-18/h9-10,13,17,21H,5-8,11-12,14H2,1-4H3,(H,20,22). The normalized spacial score (nSPS) is 12.8. The van der Waals surface area contributed by atoms with Gasteiger partial charge < -0.3 is 5.32 Å². The van der Waals surface area contributed by atoms with E-state index in [0.29, 0.717) is 12.5 Å². The molecule has 0 bridgehead atoms. The maximum Gasteiger partial charge on any atom is 0.240 e. The van der Waals surface area contributed by atoms with Gasteiger partial charge in [-0.25, -0.2) is 13.1 Å². The Kier molecular flexibility index (Phi) is 9.14. The second-order valence-electron chi connectivity index (χ2n) is 6.61. The molecule has 0 fully saturated rings. The van der Waals surface area contributed by atoms with Crippen molar-refractivity contribution in [3.05, 3.63) is 29.3 Å². The van der Waals surface area contributed by atoms with Crippen LogP contribution in [0.2, 0.25) is 0 Å². The lowest BCUT2D eigenvalue weighted by Crippen LogP contribution is -2.33. The van der Waals surface area contributed by atoms with Gasteiger partial charge in [-0.1, -0.05) is 39.2 Å². The van der Waals surface area contributed by atoms with Gasteiger partial charge in [0.2, 0.25) is 15.9 Å². The molecule has 1 aromatic carbocycles. The van der Waals surface area contributed by atoms with Crippen LogP contribution in [0.5, 0.6) is 0 Å². The molecular formula is C19H32N2O3S. The van der Waals surface area contributed by atoms with Gasteiger partial charge in [0.15, 0.2) is 0 Å². The van der Waals surface area contributed by atoms with Crippen LogP contribution in [0, 0.1) is 19.8 Å². The molecule has 6 heteroatoms. The smallest absolute Gasteiger partial charge is 0.240 e. The molecule has 0 aliphatic heterocycles. The molecule has 1 unspecified atom stereocenters. The SMILES string of the molecule is CCCCC(CC)CNC(=O)CCNS(=O)(=O)c1ccc(C)c(C)c1. The zero-order valence-electron chi connectivity index (χ0n) is 15.9. The number of carbonyl (C=O) groups is 1. The van der Waals surface area contributed by atoms with Crippen molar-refractivity contribution in [2.45, 2.75) is 64.7 Å². The van der Waals surface area contributed by atoms with Gasteiger partial charge in [-0.15, -0.1) is 0 Å². The second kappa shape index (κ2) is 10.6. The fourth-order valence-corrected chi connectivity index (χ4v) is 3.67. The highest BCUT2D eigenvalue weighted by Gasteiger charge is 2.15. The van der Waals surface area contributed by atoms with Crippen molar-refractivity contribution in [1.29, 1.82) is 0 Å². The summed E-state index contributed by atoms with van der Waals surface area (Å²) in [6.45, 7) is 8.88. The molecule has 1 aromatic rings. The Morgan fingerprint density at radius 1 is 1.16 bits per heavy atom. The summed E-state index contributed by atoms with van der Waals surface area (Å²) in [4.78, 5) is 12.2. The maximum absolute atomic E-state index is 12.3. The van der Waals surface area contributed by atoms with Gasteiger partial charge in [-0.05, 0) is 49.4 Å². The van der Waals surface area contributed by atoms with Crippen LogP contribution < -0.4 is 10.0 Å². The Morgan fingerprint density at radius 2 is 1.88 bits per heavy atom. The van der Waals surface area contributed by atoms with E-state index in [2.05, 4.69) is 23.9 Å². The molecule has 0 aromatic heterocycles. The van der Waals surface area contributed by atoms with E-state index >= 15 is 0 Å². The van der Waals surface area contributed by atoms with E-state index in [0.717, 1.165) is 30.4 Å². The summed E-state index contributed by atoms with van der Waals surface area (Å²) in [5, 5.41) is 2.91. The minimum atomic E-state index is -3.57. The first-order valence-corrected chi connectivity index (χ1v) is 10.6. The molecule has 0 saturated carbocycles. The van der Waals surface area contributed by atoms with Gasteiger partial charge in [0.25, 0.3) is 0 Å². The molecule has 0 radical (unpaired) electrons. The maximum atomic E-state index is 12.3. The number of sulfonamides is 1. The van der Waals surface area contributed by atoms with E-state index in [9.17, 15) is 13.2 Å². The number of rotatable bonds is 11. The number of nitrogens with one attached hydrogen (secondary N) is 2. The number of aryl methyl sites for hydroxylation is 2. The third-order valence-corrected chi connectivity index (χ3v) is 6.02. The fraction of sp³-hybridized carbons (Fsp3) is 0.632. The van der Waals surface area contributed by atoms with Gasteiger partial charge in [0, 0.05) is 19.5 Å². The molecule has 1 amide bonds. The summed E-state index contributed by atoms with van der Waals surface area (Å²) in [6, 6.07) is 5.03. The van der Waals surface area contributed by atoms with E-state index < -0.39 is 10.0 Å². The summed E-state index contributed by atoms with van der Waals surface area (Å²) < 4.78 is 27.0. The van der Waals surface area contributed by atoms with Crippen molar-refractivity contribution in [3.8, 4) is 0 Å². The summed E-state index contributed by atoms with van der Waals surface area (Å²) in [5.74, 6) is 0.383. The Bertz CT molecular complexity index is 657. The average Bonchev–Trinajstić information content (AvgIpc) is 2.57. The number of hydrogen-bond donors (Lipinski definition) is 2. The Hall–Kier alpha value is -1.40. The highest BCUT2D eigenvalue weighted by atomic mass is 32.2. The first kappa shape index (κ1) is 21.6. The molecule has 142 valence electrons. The van der Waals surface area contributed by atoms with Gasteiger partial charge in [-0.2, -0.15) is 0 Å². The molecule has 0 aliphatic carbocycles. The molecule has 25 heavy (non-hydrogen) atoms. The predicted molar refractivity (Wildman–Crippen MR) is 102 cm³/mol.